The topological polar surface area (TPSA) is 42.0 Å². The molecule has 19 heavy (non-hydrogen) atoms. The van der Waals surface area contributed by atoms with Gasteiger partial charge in [0.15, 0.2) is 0 Å². The second kappa shape index (κ2) is 6.85. The number of nitrogens with one attached hydrogen (secondary N) is 1. The van der Waals surface area contributed by atoms with E-state index in [9.17, 15) is 4.79 Å². The summed E-state index contributed by atoms with van der Waals surface area (Å²) in [5, 5.41) is 7.06. The monoisotopic (exact) mass is 272 g/mol. The fourth-order valence-electron chi connectivity index (χ4n) is 1.63. The molecule has 0 bridgehead atoms. The summed E-state index contributed by atoms with van der Waals surface area (Å²) in [6, 6.07) is 5.84. The number of carbonyl (C=O) groups excluding carboxylic acids is 1. The van der Waals surface area contributed by atoms with Crippen molar-refractivity contribution < 1.29 is 4.79 Å². The Morgan fingerprint density at radius 3 is 3.11 bits per heavy atom. The molecule has 2 aromatic heterocycles. The molecule has 0 spiro atoms. The third-order valence-electron chi connectivity index (χ3n) is 2.81. The third kappa shape index (κ3) is 4.34. The fraction of sp³-hybridized carbons (Fsp3) is 0.200. The van der Waals surface area contributed by atoms with Crippen molar-refractivity contribution in [2.75, 3.05) is 6.54 Å². The van der Waals surface area contributed by atoms with Crippen molar-refractivity contribution in [3.63, 3.8) is 0 Å². The van der Waals surface area contributed by atoms with Crippen LogP contribution in [0.2, 0.25) is 0 Å². The molecule has 0 saturated heterocycles. The van der Waals surface area contributed by atoms with Crippen LogP contribution >= 0.6 is 11.3 Å². The predicted octanol–water partition coefficient (Wildman–Crippen LogP) is 3.08. The second-order valence-electron chi connectivity index (χ2n) is 4.32. The van der Waals surface area contributed by atoms with E-state index < -0.39 is 0 Å². The van der Waals surface area contributed by atoms with Crippen LogP contribution in [0.1, 0.15) is 24.0 Å². The van der Waals surface area contributed by atoms with Crippen LogP contribution in [0.4, 0.5) is 0 Å². The van der Waals surface area contributed by atoms with Gasteiger partial charge >= 0.3 is 0 Å². The minimum absolute atomic E-state index is 0.0778. The third-order valence-corrected chi connectivity index (χ3v) is 3.51. The average molecular weight is 272 g/mol. The summed E-state index contributed by atoms with van der Waals surface area (Å²) in [6.45, 7) is 2.75. The van der Waals surface area contributed by atoms with Crippen LogP contribution in [0.3, 0.4) is 0 Å². The fourth-order valence-corrected chi connectivity index (χ4v) is 2.41. The van der Waals surface area contributed by atoms with Gasteiger partial charge in [-0.15, -0.1) is 0 Å². The van der Waals surface area contributed by atoms with Gasteiger partial charge in [-0.1, -0.05) is 13.0 Å². The summed E-state index contributed by atoms with van der Waals surface area (Å²) in [5.41, 5.74) is 2.19. The quantitative estimate of drug-likeness (QED) is 0.850. The van der Waals surface area contributed by atoms with Gasteiger partial charge in [0.05, 0.1) is 0 Å². The van der Waals surface area contributed by atoms with E-state index in [2.05, 4.69) is 34.1 Å². The number of carbonyl (C=O) groups is 1. The van der Waals surface area contributed by atoms with Crippen molar-refractivity contribution in [3.8, 4) is 0 Å². The highest BCUT2D eigenvalue weighted by atomic mass is 32.1. The number of rotatable bonds is 5. The van der Waals surface area contributed by atoms with Gasteiger partial charge in [0, 0.05) is 25.0 Å². The van der Waals surface area contributed by atoms with Crippen LogP contribution in [0.25, 0.3) is 6.08 Å². The highest BCUT2D eigenvalue weighted by Crippen LogP contribution is 2.16. The highest BCUT2D eigenvalue weighted by Gasteiger charge is 2.06. The van der Waals surface area contributed by atoms with Crippen molar-refractivity contribution in [3.05, 3.63) is 58.6 Å². The molecule has 0 aliphatic heterocycles. The van der Waals surface area contributed by atoms with Crippen LogP contribution in [0, 0.1) is 0 Å². The Balaban J connectivity index is 1.80. The smallest absolute Gasteiger partial charge is 0.244 e. The Morgan fingerprint density at radius 2 is 2.42 bits per heavy atom. The molecular formula is C15H16N2OS. The minimum atomic E-state index is -0.0778. The van der Waals surface area contributed by atoms with E-state index in [1.54, 1.807) is 29.8 Å². The lowest BCUT2D eigenvalue weighted by Crippen LogP contribution is -2.25. The number of hydrogen-bond acceptors (Lipinski definition) is 3. The Kier molecular flexibility index (Phi) is 4.86. The molecule has 2 aromatic rings. The van der Waals surface area contributed by atoms with Gasteiger partial charge in [0.25, 0.3) is 0 Å². The van der Waals surface area contributed by atoms with Crippen molar-refractivity contribution in [2.45, 2.75) is 12.8 Å². The van der Waals surface area contributed by atoms with Crippen LogP contribution in [0.15, 0.2) is 47.4 Å². The van der Waals surface area contributed by atoms with E-state index in [1.165, 1.54) is 11.6 Å². The lowest BCUT2D eigenvalue weighted by molar-refractivity contribution is -0.116. The standard InChI is InChI=1S/C15H16N2OS/c1-12(14-6-8-19-11-14)9-17-15(18)5-4-13-3-2-7-16-10-13/h2-8,10-12H,9H2,1H3,(H,17,18)/b5-4+. The molecule has 0 aliphatic carbocycles. The molecule has 0 aliphatic rings. The van der Waals surface area contributed by atoms with Crippen molar-refractivity contribution in [1.29, 1.82) is 0 Å². The minimum Gasteiger partial charge on any atom is -0.352 e. The summed E-state index contributed by atoms with van der Waals surface area (Å²) >= 11 is 1.68. The number of thiophene rings is 1. The maximum absolute atomic E-state index is 11.7. The molecular weight excluding hydrogens is 256 g/mol. The van der Waals surface area contributed by atoms with Gasteiger partial charge in [-0.3, -0.25) is 9.78 Å². The lowest BCUT2D eigenvalue weighted by Gasteiger charge is -2.09. The van der Waals surface area contributed by atoms with E-state index in [0.29, 0.717) is 12.5 Å². The average Bonchev–Trinajstić information content (AvgIpc) is 2.98. The molecule has 0 aromatic carbocycles. The van der Waals surface area contributed by atoms with Gasteiger partial charge < -0.3 is 5.32 Å². The van der Waals surface area contributed by atoms with E-state index in [4.69, 9.17) is 0 Å². The molecule has 2 heterocycles. The molecule has 1 unspecified atom stereocenters. The zero-order chi connectivity index (χ0) is 13.5. The first-order valence-corrected chi connectivity index (χ1v) is 7.08. The van der Waals surface area contributed by atoms with E-state index in [1.807, 2.05) is 12.1 Å². The van der Waals surface area contributed by atoms with E-state index >= 15 is 0 Å². The van der Waals surface area contributed by atoms with E-state index in [0.717, 1.165) is 5.56 Å². The maximum Gasteiger partial charge on any atom is 0.244 e. The van der Waals surface area contributed by atoms with Crippen LogP contribution in [-0.2, 0) is 4.79 Å². The molecule has 0 radical (unpaired) electrons. The molecule has 2 rings (SSSR count). The van der Waals surface area contributed by atoms with Crippen LogP contribution in [0.5, 0.6) is 0 Å². The Hall–Kier alpha value is -1.94. The highest BCUT2D eigenvalue weighted by molar-refractivity contribution is 7.07. The molecule has 0 saturated carbocycles. The molecule has 4 heteroatoms. The van der Waals surface area contributed by atoms with Crippen LogP contribution in [-0.4, -0.2) is 17.4 Å². The second-order valence-corrected chi connectivity index (χ2v) is 5.10. The largest absolute Gasteiger partial charge is 0.352 e. The first-order chi connectivity index (χ1) is 9.25. The van der Waals surface area contributed by atoms with Crippen molar-refractivity contribution >= 4 is 23.3 Å². The summed E-state index contributed by atoms with van der Waals surface area (Å²) in [7, 11) is 0. The predicted molar refractivity (Wildman–Crippen MR) is 79.0 cm³/mol. The summed E-state index contributed by atoms with van der Waals surface area (Å²) in [5.74, 6) is 0.257. The maximum atomic E-state index is 11.7. The van der Waals surface area contributed by atoms with E-state index in [-0.39, 0.29) is 5.91 Å². The van der Waals surface area contributed by atoms with Gasteiger partial charge in [0.1, 0.15) is 0 Å². The zero-order valence-corrected chi connectivity index (χ0v) is 11.6. The Labute approximate surface area is 117 Å². The summed E-state index contributed by atoms with van der Waals surface area (Å²) in [4.78, 5) is 15.7. The zero-order valence-electron chi connectivity index (χ0n) is 10.7. The molecule has 0 fully saturated rings. The molecule has 98 valence electrons. The van der Waals surface area contributed by atoms with Gasteiger partial charge in [-0.05, 0) is 46.0 Å². The normalized spacial score (nSPS) is 12.5. The number of amides is 1. The molecule has 1 N–H and O–H groups in total. The Bertz CT molecular complexity index is 535. The number of hydrogen-bond donors (Lipinski definition) is 1. The van der Waals surface area contributed by atoms with Crippen LogP contribution < -0.4 is 5.32 Å². The van der Waals surface area contributed by atoms with Crippen molar-refractivity contribution in [2.24, 2.45) is 0 Å². The first-order valence-electron chi connectivity index (χ1n) is 6.14. The number of aromatic nitrogens is 1. The molecule has 1 amide bonds. The Morgan fingerprint density at radius 1 is 1.53 bits per heavy atom. The summed E-state index contributed by atoms with van der Waals surface area (Å²) < 4.78 is 0. The number of nitrogens with zero attached hydrogens (tertiary/aromatic N) is 1. The first kappa shape index (κ1) is 13.5. The number of pyridine rings is 1. The van der Waals surface area contributed by atoms with Crippen molar-refractivity contribution in [1.82, 2.24) is 10.3 Å². The van der Waals surface area contributed by atoms with Gasteiger partial charge in [0.2, 0.25) is 5.91 Å². The van der Waals surface area contributed by atoms with Gasteiger partial charge in [-0.2, -0.15) is 11.3 Å². The lowest BCUT2D eigenvalue weighted by atomic mass is 10.1. The van der Waals surface area contributed by atoms with Gasteiger partial charge in [-0.25, -0.2) is 0 Å². The molecule has 3 nitrogen and oxygen atoms in total. The SMILES string of the molecule is CC(CNC(=O)/C=C/c1cccnc1)c1ccsc1. The summed E-state index contributed by atoms with van der Waals surface area (Å²) in [6.07, 6.45) is 6.73. The molecule has 1 atom stereocenters.